The Morgan fingerprint density at radius 1 is 0.864 bits per heavy atom. The fraction of sp³-hybridized carbons (Fsp3) is 0.310. The van der Waals surface area contributed by atoms with E-state index < -0.39 is 15.0 Å². The van der Waals surface area contributed by atoms with Gasteiger partial charge in [0.05, 0.1) is 67.0 Å². The summed E-state index contributed by atoms with van der Waals surface area (Å²) in [5, 5.41) is 15.4. The highest BCUT2D eigenvalue weighted by atomic mass is 79.9. The minimum atomic E-state index is -3.82. The number of nitrogens with zero attached hydrogens (tertiary/aromatic N) is 3. The van der Waals surface area contributed by atoms with Crippen molar-refractivity contribution in [3.8, 4) is 5.75 Å². The smallest absolute Gasteiger partial charge is 0.311 e. The summed E-state index contributed by atoms with van der Waals surface area (Å²) in [6, 6.07) is 16.7. The molecule has 0 fully saturated rings. The number of hydrogen-bond acceptors (Lipinski definition) is 12. The molecule has 1 N–H and O–H groups in total. The highest BCUT2D eigenvalue weighted by molar-refractivity contribution is 9.10. The van der Waals surface area contributed by atoms with Crippen LogP contribution in [0.25, 0.3) is 10.9 Å². The second-order valence-corrected chi connectivity index (χ2v) is 11.8. The Balaban J connectivity index is 1.12. The van der Waals surface area contributed by atoms with Crippen molar-refractivity contribution in [2.45, 2.75) is 11.8 Å². The monoisotopic (exact) mass is 690 g/mol. The second-order valence-electron chi connectivity index (χ2n) is 9.23. The normalized spacial score (nSPS) is 11.5. The molecule has 234 valence electrons. The largest absolute Gasteiger partial charge is 0.484 e. The van der Waals surface area contributed by atoms with E-state index in [9.17, 15) is 18.5 Å². The maximum absolute atomic E-state index is 12.1. The molecule has 0 aliphatic rings. The predicted octanol–water partition coefficient (Wildman–Crippen LogP) is 5.19. The first-order valence-corrected chi connectivity index (χ1v) is 15.7. The van der Waals surface area contributed by atoms with Crippen LogP contribution in [0.5, 0.6) is 5.75 Å². The molecule has 4 aromatic rings. The third-order valence-electron chi connectivity index (χ3n) is 6.01. The van der Waals surface area contributed by atoms with Gasteiger partial charge in [-0.15, -0.1) is 0 Å². The summed E-state index contributed by atoms with van der Waals surface area (Å²) in [6.07, 6.45) is 1.37. The summed E-state index contributed by atoms with van der Waals surface area (Å²) >= 11 is 3.42. The van der Waals surface area contributed by atoms with E-state index in [0.29, 0.717) is 23.3 Å². The molecule has 44 heavy (non-hydrogen) atoms. The molecule has 13 nitrogen and oxygen atoms in total. The SMILES string of the molecule is Cc1ccc(S(=O)(=O)OCCOCCOCCOCCOc2cc3ncnc(Nc4cccc(Br)c4)c3cc2[N+](=O)[O-])cc1. The first-order chi connectivity index (χ1) is 21.2. The zero-order valence-corrected chi connectivity index (χ0v) is 26.2. The molecule has 15 heteroatoms. The summed E-state index contributed by atoms with van der Waals surface area (Å²) in [6.45, 7) is 3.23. The number of hydrogen-bond donors (Lipinski definition) is 1. The Hall–Kier alpha value is -3.73. The van der Waals surface area contributed by atoms with Gasteiger partial charge in [-0.25, -0.2) is 9.97 Å². The lowest BCUT2D eigenvalue weighted by molar-refractivity contribution is -0.385. The number of aryl methyl sites for hydroxylation is 1. The van der Waals surface area contributed by atoms with Crippen LogP contribution in [0.1, 0.15) is 5.56 Å². The first kappa shape index (κ1) is 33.2. The van der Waals surface area contributed by atoms with Gasteiger partial charge in [0.25, 0.3) is 10.1 Å². The maximum Gasteiger partial charge on any atom is 0.311 e. The van der Waals surface area contributed by atoms with Gasteiger partial charge in [0.15, 0.2) is 5.75 Å². The van der Waals surface area contributed by atoms with Crippen molar-refractivity contribution in [1.82, 2.24) is 9.97 Å². The van der Waals surface area contributed by atoms with Crippen molar-refractivity contribution < 1.29 is 36.5 Å². The van der Waals surface area contributed by atoms with E-state index in [0.717, 1.165) is 15.7 Å². The van der Waals surface area contributed by atoms with Crippen molar-refractivity contribution >= 4 is 54.1 Å². The minimum absolute atomic E-state index is 0.0715. The van der Waals surface area contributed by atoms with Gasteiger partial charge in [-0.3, -0.25) is 14.3 Å². The maximum atomic E-state index is 12.1. The molecule has 0 saturated carbocycles. The molecule has 1 heterocycles. The molecule has 0 aliphatic heterocycles. The average molecular weight is 692 g/mol. The van der Waals surface area contributed by atoms with Gasteiger partial charge in [-0.05, 0) is 37.3 Å². The van der Waals surface area contributed by atoms with Crippen LogP contribution >= 0.6 is 15.9 Å². The number of rotatable bonds is 18. The molecule has 0 amide bonds. The second kappa shape index (κ2) is 16.4. The molecule has 0 atom stereocenters. The number of nitrogens with one attached hydrogen (secondary N) is 1. The highest BCUT2D eigenvalue weighted by Gasteiger charge is 2.19. The zero-order valence-electron chi connectivity index (χ0n) is 23.8. The minimum Gasteiger partial charge on any atom is -0.484 e. The fourth-order valence-electron chi connectivity index (χ4n) is 3.86. The van der Waals surface area contributed by atoms with E-state index in [1.54, 1.807) is 12.1 Å². The van der Waals surface area contributed by atoms with Crippen LogP contribution in [-0.4, -0.2) is 76.2 Å². The van der Waals surface area contributed by atoms with Gasteiger partial charge >= 0.3 is 5.69 Å². The molecule has 0 bridgehead atoms. The fourth-order valence-corrected chi connectivity index (χ4v) is 5.15. The Kier molecular flexibility index (Phi) is 12.3. The molecule has 1 aromatic heterocycles. The van der Waals surface area contributed by atoms with Crippen LogP contribution in [0.4, 0.5) is 17.2 Å². The number of anilines is 2. The van der Waals surface area contributed by atoms with Crippen LogP contribution in [0.2, 0.25) is 0 Å². The number of nitro benzene ring substituents is 1. The summed E-state index contributed by atoms with van der Waals surface area (Å²) in [4.78, 5) is 19.9. The molecule has 4 rings (SSSR count). The number of ether oxygens (including phenoxy) is 4. The van der Waals surface area contributed by atoms with Gasteiger partial charge in [0.2, 0.25) is 0 Å². The molecule has 3 aromatic carbocycles. The quantitative estimate of drug-likeness (QED) is 0.0631. The summed E-state index contributed by atoms with van der Waals surface area (Å²) in [7, 11) is -3.82. The van der Waals surface area contributed by atoms with Gasteiger partial charge in [0.1, 0.15) is 18.8 Å². The van der Waals surface area contributed by atoms with E-state index in [-0.39, 0.29) is 62.6 Å². The van der Waals surface area contributed by atoms with E-state index in [1.807, 2.05) is 31.2 Å². The van der Waals surface area contributed by atoms with Gasteiger partial charge in [-0.1, -0.05) is 39.7 Å². The van der Waals surface area contributed by atoms with E-state index in [1.165, 1.54) is 30.6 Å². The van der Waals surface area contributed by atoms with Gasteiger partial charge in [-0.2, -0.15) is 8.42 Å². The average Bonchev–Trinajstić information content (AvgIpc) is 2.99. The topological polar surface area (TPSA) is 161 Å². The Morgan fingerprint density at radius 2 is 1.52 bits per heavy atom. The predicted molar refractivity (Wildman–Crippen MR) is 166 cm³/mol. The third kappa shape index (κ3) is 9.90. The van der Waals surface area contributed by atoms with Gasteiger partial charge in [0, 0.05) is 22.3 Å². The lowest BCUT2D eigenvalue weighted by Gasteiger charge is -2.11. The van der Waals surface area contributed by atoms with Crippen LogP contribution in [0.3, 0.4) is 0 Å². The van der Waals surface area contributed by atoms with E-state index in [2.05, 4.69) is 31.2 Å². The molecule has 0 unspecified atom stereocenters. The molecule has 0 radical (unpaired) electrons. The Morgan fingerprint density at radius 3 is 2.18 bits per heavy atom. The standard InChI is InChI=1S/C29H31BrN4O9S/c1-21-5-7-24(8-6-21)44(37,38)43-16-14-41-12-10-39-9-11-40-13-15-42-28-19-26-25(18-27(28)34(35)36)29(32-20-31-26)33-23-4-2-3-22(30)17-23/h2-8,17-20H,9-16H2,1H3,(H,31,32,33). The summed E-state index contributed by atoms with van der Waals surface area (Å²) in [5.41, 5.74) is 1.97. The van der Waals surface area contributed by atoms with Crippen LogP contribution < -0.4 is 10.1 Å². The van der Waals surface area contributed by atoms with Crippen molar-refractivity contribution in [3.63, 3.8) is 0 Å². The molecule has 0 spiro atoms. The van der Waals surface area contributed by atoms with Crippen molar-refractivity contribution in [2.24, 2.45) is 0 Å². The summed E-state index contributed by atoms with van der Waals surface area (Å²) in [5.74, 6) is 0.498. The number of aromatic nitrogens is 2. The number of benzene rings is 3. The summed E-state index contributed by atoms with van der Waals surface area (Å²) < 4.78 is 52.0. The molecule has 0 saturated heterocycles. The lowest BCUT2D eigenvalue weighted by atomic mass is 10.2. The molecular formula is C29H31BrN4O9S. The third-order valence-corrected chi connectivity index (χ3v) is 7.82. The van der Waals surface area contributed by atoms with Crippen molar-refractivity contribution in [2.75, 3.05) is 58.2 Å². The molecule has 0 aliphatic carbocycles. The number of halogens is 1. The Labute approximate surface area is 262 Å². The van der Waals surface area contributed by atoms with Crippen molar-refractivity contribution in [1.29, 1.82) is 0 Å². The highest BCUT2D eigenvalue weighted by Crippen LogP contribution is 2.34. The lowest BCUT2D eigenvalue weighted by Crippen LogP contribution is -2.15. The van der Waals surface area contributed by atoms with Gasteiger partial charge < -0.3 is 24.3 Å². The van der Waals surface area contributed by atoms with E-state index >= 15 is 0 Å². The molecular weight excluding hydrogens is 660 g/mol. The number of fused-ring (bicyclic) bond motifs is 1. The van der Waals surface area contributed by atoms with Crippen molar-refractivity contribution in [3.05, 3.63) is 87.1 Å². The zero-order chi connectivity index (χ0) is 31.4. The van der Waals surface area contributed by atoms with Crippen LogP contribution in [-0.2, 0) is 28.5 Å². The Bertz CT molecular complexity index is 1660. The van der Waals surface area contributed by atoms with E-state index in [4.69, 9.17) is 23.1 Å². The van der Waals surface area contributed by atoms with Crippen LogP contribution in [0.15, 0.2) is 76.4 Å². The van der Waals surface area contributed by atoms with Crippen LogP contribution in [0, 0.1) is 17.0 Å². The first-order valence-electron chi connectivity index (χ1n) is 13.5. The number of nitro groups is 1.